The van der Waals surface area contributed by atoms with Gasteiger partial charge in [0.2, 0.25) is 5.91 Å². The molecule has 0 radical (unpaired) electrons. The number of carbonyl (C=O) groups is 1. The van der Waals surface area contributed by atoms with E-state index in [1.54, 1.807) is 7.11 Å². The highest BCUT2D eigenvalue weighted by molar-refractivity contribution is 5.78. The first kappa shape index (κ1) is 18.1. The summed E-state index contributed by atoms with van der Waals surface area (Å²) in [4.78, 5) is 14.3. The molecule has 1 N–H and O–H groups in total. The van der Waals surface area contributed by atoms with Crippen LogP contribution in [0.2, 0.25) is 0 Å². The Bertz CT molecular complexity index is 756. The van der Waals surface area contributed by atoms with Crippen molar-refractivity contribution in [2.24, 2.45) is 5.92 Å². The minimum atomic E-state index is 0.0446. The standard InChI is InChI=1S/C21H26N2O3/c1-23(2)18-7-4-15(5-8-18)11-21(24)22-13-16-10-17-6-9-19(25-3)12-20(17)26-14-16/h4-9,12,16H,10-11,13-14H2,1-3H3,(H,22,24)/t16-/m0/s1. The molecule has 0 saturated carbocycles. The van der Waals surface area contributed by atoms with Gasteiger partial charge in [-0.05, 0) is 35.7 Å². The smallest absolute Gasteiger partial charge is 0.224 e. The third kappa shape index (κ3) is 4.48. The largest absolute Gasteiger partial charge is 0.497 e. The lowest BCUT2D eigenvalue weighted by Crippen LogP contribution is -2.35. The van der Waals surface area contributed by atoms with Crippen LogP contribution in [0.3, 0.4) is 0 Å². The Kier molecular flexibility index (Phi) is 5.66. The average molecular weight is 354 g/mol. The van der Waals surface area contributed by atoms with E-state index >= 15 is 0 Å². The topological polar surface area (TPSA) is 50.8 Å². The van der Waals surface area contributed by atoms with E-state index in [0.29, 0.717) is 19.6 Å². The fourth-order valence-corrected chi connectivity index (χ4v) is 3.09. The van der Waals surface area contributed by atoms with Gasteiger partial charge in [-0.15, -0.1) is 0 Å². The van der Waals surface area contributed by atoms with E-state index in [2.05, 4.69) is 5.32 Å². The van der Waals surface area contributed by atoms with Gasteiger partial charge in [-0.1, -0.05) is 18.2 Å². The van der Waals surface area contributed by atoms with Gasteiger partial charge in [0.05, 0.1) is 20.1 Å². The molecule has 0 aliphatic carbocycles. The zero-order valence-electron chi connectivity index (χ0n) is 15.6. The summed E-state index contributed by atoms with van der Waals surface area (Å²) < 4.78 is 11.1. The molecule has 5 heteroatoms. The van der Waals surface area contributed by atoms with Gasteiger partial charge in [-0.3, -0.25) is 4.79 Å². The summed E-state index contributed by atoms with van der Waals surface area (Å²) >= 11 is 0. The summed E-state index contributed by atoms with van der Waals surface area (Å²) in [5, 5.41) is 3.04. The number of methoxy groups -OCH3 is 1. The van der Waals surface area contributed by atoms with Crippen LogP contribution in [0.5, 0.6) is 11.5 Å². The molecule has 0 bridgehead atoms. The molecule has 1 amide bonds. The molecular weight excluding hydrogens is 328 g/mol. The summed E-state index contributed by atoms with van der Waals surface area (Å²) in [6.45, 7) is 1.23. The Morgan fingerprint density at radius 1 is 1.23 bits per heavy atom. The van der Waals surface area contributed by atoms with E-state index in [1.807, 2.05) is 61.5 Å². The number of anilines is 1. The van der Waals surface area contributed by atoms with Crippen molar-refractivity contribution in [2.75, 3.05) is 39.3 Å². The number of benzene rings is 2. The average Bonchev–Trinajstić information content (AvgIpc) is 2.66. The number of nitrogens with zero attached hydrogens (tertiary/aromatic N) is 1. The Labute approximate surface area is 154 Å². The van der Waals surface area contributed by atoms with Crippen LogP contribution in [-0.2, 0) is 17.6 Å². The van der Waals surface area contributed by atoms with Crippen molar-refractivity contribution >= 4 is 11.6 Å². The van der Waals surface area contributed by atoms with E-state index in [9.17, 15) is 4.79 Å². The lowest BCUT2D eigenvalue weighted by Gasteiger charge is -2.25. The summed E-state index contributed by atoms with van der Waals surface area (Å²) in [5.41, 5.74) is 3.31. The minimum absolute atomic E-state index is 0.0446. The maximum Gasteiger partial charge on any atom is 0.224 e. The lowest BCUT2D eigenvalue weighted by molar-refractivity contribution is -0.120. The summed E-state index contributed by atoms with van der Waals surface area (Å²) in [6.07, 6.45) is 1.30. The SMILES string of the molecule is COc1ccc2c(c1)OC[C@H](CNC(=O)Cc1ccc(N(C)C)cc1)C2. The number of ether oxygens (including phenoxy) is 2. The number of hydrogen-bond acceptors (Lipinski definition) is 4. The summed E-state index contributed by atoms with van der Waals surface area (Å²) in [5.74, 6) is 2.02. The van der Waals surface area contributed by atoms with Crippen LogP contribution in [-0.4, -0.2) is 40.3 Å². The molecule has 1 aliphatic heterocycles. The third-order valence-corrected chi connectivity index (χ3v) is 4.66. The number of hydrogen-bond donors (Lipinski definition) is 1. The molecule has 1 atom stereocenters. The quantitative estimate of drug-likeness (QED) is 0.867. The Balaban J connectivity index is 1.48. The zero-order valence-corrected chi connectivity index (χ0v) is 15.6. The van der Waals surface area contributed by atoms with E-state index in [1.165, 1.54) is 0 Å². The number of nitrogens with one attached hydrogen (secondary N) is 1. The predicted molar refractivity (Wildman–Crippen MR) is 103 cm³/mol. The van der Waals surface area contributed by atoms with Crippen molar-refractivity contribution in [3.63, 3.8) is 0 Å². The van der Waals surface area contributed by atoms with Crippen molar-refractivity contribution < 1.29 is 14.3 Å². The van der Waals surface area contributed by atoms with Crippen molar-refractivity contribution in [1.82, 2.24) is 5.32 Å². The van der Waals surface area contributed by atoms with Gasteiger partial charge in [0.15, 0.2) is 0 Å². The molecule has 0 fully saturated rings. The van der Waals surface area contributed by atoms with Gasteiger partial charge >= 0.3 is 0 Å². The molecule has 5 nitrogen and oxygen atoms in total. The van der Waals surface area contributed by atoms with Crippen LogP contribution in [0.1, 0.15) is 11.1 Å². The van der Waals surface area contributed by atoms with Gasteiger partial charge in [0, 0.05) is 38.3 Å². The zero-order chi connectivity index (χ0) is 18.5. The molecule has 0 saturated heterocycles. The Morgan fingerprint density at radius 3 is 2.69 bits per heavy atom. The summed E-state index contributed by atoms with van der Waals surface area (Å²) in [6, 6.07) is 14.0. The number of rotatable bonds is 6. The van der Waals surface area contributed by atoms with E-state index in [0.717, 1.165) is 34.7 Å². The molecule has 0 spiro atoms. The second-order valence-electron chi connectivity index (χ2n) is 6.90. The molecule has 0 aromatic heterocycles. The van der Waals surface area contributed by atoms with Crippen molar-refractivity contribution in [1.29, 1.82) is 0 Å². The second kappa shape index (κ2) is 8.13. The molecule has 138 valence electrons. The van der Waals surface area contributed by atoms with E-state index < -0.39 is 0 Å². The summed E-state index contributed by atoms with van der Waals surface area (Å²) in [7, 11) is 5.65. The van der Waals surface area contributed by atoms with Gasteiger partial charge < -0.3 is 19.7 Å². The number of carbonyl (C=O) groups excluding carboxylic acids is 1. The molecule has 26 heavy (non-hydrogen) atoms. The van der Waals surface area contributed by atoms with Crippen molar-refractivity contribution in [2.45, 2.75) is 12.8 Å². The Morgan fingerprint density at radius 2 is 2.00 bits per heavy atom. The normalized spacial score (nSPS) is 15.6. The maximum atomic E-state index is 12.2. The van der Waals surface area contributed by atoms with Crippen LogP contribution in [0, 0.1) is 5.92 Å². The molecule has 2 aromatic rings. The number of amides is 1. The minimum Gasteiger partial charge on any atom is -0.497 e. The fourth-order valence-electron chi connectivity index (χ4n) is 3.09. The highest BCUT2D eigenvalue weighted by Crippen LogP contribution is 2.30. The molecule has 3 rings (SSSR count). The molecular formula is C21H26N2O3. The molecule has 0 unspecified atom stereocenters. The first-order valence-corrected chi connectivity index (χ1v) is 8.88. The number of fused-ring (bicyclic) bond motifs is 1. The predicted octanol–water partition coefficient (Wildman–Crippen LogP) is 2.67. The maximum absolute atomic E-state index is 12.2. The van der Waals surface area contributed by atoms with Gasteiger partial charge in [0.25, 0.3) is 0 Å². The van der Waals surface area contributed by atoms with Crippen LogP contribution >= 0.6 is 0 Å². The lowest BCUT2D eigenvalue weighted by atomic mass is 9.96. The fraction of sp³-hybridized carbons (Fsp3) is 0.381. The monoisotopic (exact) mass is 354 g/mol. The van der Waals surface area contributed by atoms with Crippen LogP contribution in [0.25, 0.3) is 0 Å². The third-order valence-electron chi connectivity index (χ3n) is 4.66. The highest BCUT2D eigenvalue weighted by atomic mass is 16.5. The van der Waals surface area contributed by atoms with Crippen molar-refractivity contribution in [3.05, 3.63) is 53.6 Å². The van der Waals surface area contributed by atoms with Gasteiger partial charge in [-0.25, -0.2) is 0 Å². The van der Waals surface area contributed by atoms with Crippen LogP contribution < -0.4 is 19.7 Å². The van der Waals surface area contributed by atoms with Crippen LogP contribution in [0.4, 0.5) is 5.69 Å². The van der Waals surface area contributed by atoms with Crippen LogP contribution in [0.15, 0.2) is 42.5 Å². The Hall–Kier alpha value is -2.69. The first-order chi connectivity index (χ1) is 12.5. The molecule has 2 aromatic carbocycles. The van der Waals surface area contributed by atoms with E-state index in [4.69, 9.17) is 9.47 Å². The highest BCUT2D eigenvalue weighted by Gasteiger charge is 2.21. The van der Waals surface area contributed by atoms with E-state index in [-0.39, 0.29) is 11.8 Å². The van der Waals surface area contributed by atoms with Gasteiger partial charge in [-0.2, -0.15) is 0 Å². The molecule has 1 heterocycles. The molecule has 1 aliphatic rings. The van der Waals surface area contributed by atoms with Gasteiger partial charge in [0.1, 0.15) is 11.5 Å². The van der Waals surface area contributed by atoms with Crippen molar-refractivity contribution in [3.8, 4) is 11.5 Å². The first-order valence-electron chi connectivity index (χ1n) is 8.88. The second-order valence-corrected chi connectivity index (χ2v) is 6.90.